The Bertz CT molecular complexity index is 1500. The summed E-state index contributed by atoms with van der Waals surface area (Å²) in [7, 11) is 0. The number of ether oxygens (including phenoxy) is 1. The van der Waals surface area contributed by atoms with Gasteiger partial charge in [0.1, 0.15) is 5.75 Å². The Labute approximate surface area is 216 Å². The molecule has 7 nitrogen and oxygen atoms in total. The van der Waals surface area contributed by atoms with Crippen LogP contribution in [0.3, 0.4) is 0 Å². The summed E-state index contributed by atoms with van der Waals surface area (Å²) < 4.78 is 5.60. The van der Waals surface area contributed by atoms with Gasteiger partial charge in [-0.3, -0.25) is 9.59 Å². The molecule has 4 aromatic carbocycles. The molecular formula is C27H19Cl2N3O4. The van der Waals surface area contributed by atoms with Crippen LogP contribution in [0, 0.1) is 6.92 Å². The summed E-state index contributed by atoms with van der Waals surface area (Å²) >= 11 is 12.1. The third kappa shape index (κ3) is 5.89. The molecule has 4 aromatic rings. The van der Waals surface area contributed by atoms with Crippen molar-refractivity contribution in [1.82, 2.24) is 5.43 Å². The van der Waals surface area contributed by atoms with Crippen LogP contribution in [0.5, 0.6) is 5.75 Å². The van der Waals surface area contributed by atoms with Gasteiger partial charge in [0.15, 0.2) is 0 Å². The van der Waals surface area contributed by atoms with Crippen LogP contribution in [0.25, 0.3) is 10.8 Å². The largest absolute Gasteiger partial charge is 0.422 e. The topological polar surface area (TPSA) is 96.9 Å². The predicted octanol–water partition coefficient (Wildman–Crippen LogP) is 5.76. The van der Waals surface area contributed by atoms with Gasteiger partial charge in [-0.05, 0) is 54.1 Å². The van der Waals surface area contributed by atoms with Crippen molar-refractivity contribution in [2.75, 3.05) is 5.32 Å². The number of benzene rings is 4. The number of carbonyl (C=O) groups is 3. The molecule has 0 aliphatic rings. The van der Waals surface area contributed by atoms with E-state index < -0.39 is 17.8 Å². The van der Waals surface area contributed by atoms with Crippen molar-refractivity contribution in [1.29, 1.82) is 0 Å². The average molecular weight is 520 g/mol. The molecule has 4 rings (SSSR count). The Kier molecular flexibility index (Phi) is 7.63. The molecule has 2 amide bonds. The number of rotatable bonds is 5. The number of hydrazone groups is 1. The van der Waals surface area contributed by atoms with E-state index in [9.17, 15) is 14.4 Å². The average Bonchev–Trinajstić information content (AvgIpc) is 2.86. The van der Waals surface area contributed by atoms with Crippen LogP contribution in [0.15, 0.2) is 84.0 Å². The SMILES string of the molecule is Cc1ccc(NC(=O)C(=O)NN=Cc2c(OC(=O)c3ccc(Cl)cc3Cl)ccc3ccccc23)cc1. The first-order chi connectivity index (χ1) is 17.3. The Morgan fingerprint density at radius 2 is 1.64 bits per heavy atom. The fourth-order valence-corrected chi connectivity index (χ4v) is 3.82. The van der Waals surface area contributed by atoms with E-state index in [1.54, 1.807) is 24.3 Å². The standard InChI is InChI=1S/C27H19Cl2N3O4/c1-16-6-10-19(11-7-16)31-25(33)26(34)32-30-15-22-20-5-3-2-4-17(20)8-13-24(22)36-27(35)21-12-9-18(28)14-23(21)29/h2-15H,1H3,(H,31,33)(H,32,34). The van der Waals surface area contributed by atoms with Crippen LogP contribution in [-0.2, 0) is 9.59 Å². The van der Waals surface area contributed by atoms with Crippen molar-refractivity contribution >= 4 is 63.7 Å². The summed E-state index contributed by atoms with van der Waals surface area (Å²) in [5.41, 5.74) is 4.26. The number of hydrogen-bond acceptors (Lipinski definition) is 5. The zero-order valence-electron chi connectivity index (χ0n) is 18.9. The lowest BCUT2D eigenvalue weighted by molar-refractivity contribution is -0.136. The number of carbonyl (C=O) groups excluding carboxylic acids is 3. The number of anilines is 1. The van der Waals surface area contributed by atoms with E-state index in [0.717, 1.165) is 10.9 Å². The molecule has 0 radical (unpaired) electrons. The third-order valence-corrected chi connectivity index (χ3v) is 5.71. The maximum absolute atomic E-state index is 12.8. The second kappa shape index (κ2) is 11.0. The highest BCUT2D eigenvalue weighted by atomic mass is 35.5. The number of aryl methyl sites for hydroxylation is 1. The van der Waals surface area contributed by atoms with E-state index in [-0.39, 0.29) is 16.3 Å². The number of halogens is 2. The minimum absolute atomic E-state index is 0.137. The van der Waals surface area contributed by atoms with Crippen molar-refractivity contribution in [2.24, 2.45) is 5.10 Å². The molecule has 0 atom stereocenters. The van der Waals surface area contributed by atoms with E-state index in [2.05, 4.69) is 15.8 Å². The molecule has 36 heavy (non-hydrogen) atoms. The number of nitrogens with one attached hydrogen (secondary N) is 2. The first-order valence-electron chi connectivity index (χ1n) is 10.7. The van der Waals surface area contributed by atoms with Gasteiger partial charge in [0.2, 0.25) is 0 Å². The van der Waals surface area contributed by atoms with Crippen molar-refractivity contribution in [2.45, 2.75) is 6.92 Å². The van der Waals surface area contributed by atoms with Gasteiger partial charge in [0.05, 0.1) is 16.8 Å². The zero-order valence-corrected chi connectivity index (χ0v) is 20.4. The van der Waals surface area contributed by atoms with Crippen LogP contribution in [0.4, 0.5) is 5.69 Å². The van der Waals surface area contributed by atoms with Crippen molar-refractivity contribution < 1.29 is 19.1 Å². The summed E-state index contributed by atoms with van der Waals surface area (Å²) in [5, 5.41) is 8.52. The molecular weight excluding hydrogens is 501 g/mol. The van der Waals surface area contributed by atoms with E-state index in [4.69, 9.17) is 27.9 Å². The highest BCUT2D eigenvalue weighted by Gasteiger charge is 2.17. The monoisotopic (exact) mass is 519 g/mol. The van der Waals surface area contributed by atoms with E-state index in [0.29, 0.717) is 21.7 Å². The first kappa shape index (κ1) is 24.9. The molecule has 0 spiro atoms. The van der Waals surface area contributed by atoms with E-state index >= 15 is 0 Å². The molecule has 180 valence electrons. The summed E-state index contributed by atoms with van der Waals surface area (Å²) in [6, 6.07) is 22.2. The quantitative estimate of drug-likeness (QED) is 0.115. The molecule has 0 aliphatic heterocycles. The third-order valence-electron chi connectivity index (χ3n) is 5.16. The molecule has 0 saturated carbocycles. The number of esters is 1. The normalized spacial score (nSPS) is 10.9. The van der Waals surface area contributed by atoms with Gasteiger partial charge in [-0.15, -0.1) is 0 Å². The molecule has 0 saturated heterocycles. The van der Waals surface area contributed by atoms with Crippen molar-refractivity contribution in [3.63, 3.8) is 0 Å². The molecule has 0 aliphatic carbocycles. The van der Waals surface area contributed by atoms with E-state index in [1.165, 1.54) is 24.4 Å². The first-order valence-corrected chi connectivity index (χ1v) is 11.5. The van der Waals surface area contributed by atoms with Gasteiger partial charge in [-0.2, -0.15) is 5.10 Å². The van der Waals surface area contributed by atoms with Gasteiger partial charge < -0.3 is 10.1 Å². The second-order valence-corrected chi connectivity index (χ2v) is 8.58. The van der Waals surface area contributed by atoms with Crippen LogP contribution in [-0.4, -0.2) is 24.0 Å². The van der Waals surface area contributed by atoms with Gasteiger partial charge in [0, 0.05) is 16.3 Å². The highest BCUT2D eigenvalue weighted by Crippen LogP contribution is 2.29. The van der Waals surface area contributed by atoms with Crippen LogP contribution >= 0.6 is 23.2 Å². The Morgan fingerprint density at radius 3 is 2.39 bits per heavy atom. The maximum Gasteiger partial charge on any atom is 0.345 e. The van der Waals surface area contributed by atoms with Crippen molar-refractivity contribution in [3.8, 4) is 5.75 Å². The van der Waals surface area contributed by atoms with Gasteiger partial charge in [-0.25, -0.2) is 10.2 Å². The molecule has 0 unspecified atom stereocenters. The Morgan fingerprint density at radius 1 is 0.889 bits per heavy atom. The fourth-order valence-electron chi connectivity index (χ4n) is 3.34. The van der Waals surface area contributed by atoms with Crippen LogP contribution in [0.1, 0.15) is 21.5 Å². The van der Waals surface area contributed by atoms with Crippen molar-refractivity contribution in [3.05, 3.63) is 106 Å². The maximum atomic E-state index is 12.8. The number of nitrogens with zero attached hydrogens (tertiary/aromatic N) is 1. The molecule has 0 fully saturated rings. The molecule has 0 aromatic heterocycles. The Balaban J connectivity index is 1.55. The summed E-state index contributed by atoms with van der Waals surface area (Å²) in [4.78, 5) is 37.2. The number of hydrogen-bond donors (Lipinski definition) is 2. The zero-order chi connectivity index (χ0) is 25.7. The Hall–Kier alpha value is -4.20. The molecule has 9 heteroatoms. The van der Waals surface area contributed by atoms with Gasteiger partial charge >= 0.3 is 17.8 Å². The lowest BCUT2D eigenvalue weighted by atomic mass is 10.0. The molecule has 0 heterocycles. The highest BCUT2D eigenvalue weighted by molar-refractivity contribution is 6.39. The second-order valence-electron chi connectivity index (χ2n) is 7.73. The predicted molar refractivity (Wildman–Crippen MR) is 141 cm³/mol. The lowest BCUT2D eigenvalue weighted by Gasteiger charge is -2.11. The number of amides is 2. The minimum atomic E-state index is -0.960. The number of fused-ring (bicyclic) bond motifs is 1. The van der Waals surface area contributed by atoms with Gasteiger partial charge in [0.25, 0.3) is 0 Å². The van der Waals surface area contributed by atoms with Gasteiger partial charge in [-0.1, -0.05) is 71.2 Å². The van der Waals surface area contributed by atoms with E-state index in [1.807, 2.05) is 43.3 Å². The molecule has 2 N–H and O–H groups in total. The lowest BCUT2D eigenvalue weighted by Crippen LogP contribution is -2.32. The summed E-state index contributed by atoms with van der Waals surface area (Å²) in [5.74, 6) is -2.34. The fraction of sp³-hybridized carbons (Fsp3) is 0.0370. The summed E-state index contributed by atoms with van der Waals surface area (Å²) in [6.45, 7) is 1.91. The summed E-state index contributed by atoms with van der Waals surface area (Å²) in [6.07, 6.45) is 1.31. The minimum Gasteiger partial charge on any atom is -0.422 e. The molecule has 0 bridgehead atoms. The van der Waals surface area contributed by atoms with Crippen LogP contribution < -0.4 is 15.5 Å². The van der Waals surface area contributed by atoms with Crippen LogP contribution in [0.2, 0.25) is 10.0 Å². The smallest absolute Gasteiger partial charge is 0.345 e.